The van der Waals surface area contributed by atoms with E-state index >= 15 is 0 Å². The van der Waals surface area contributed by atoms with Crippen molar-refractivity contribution in [2.75, 3.05) is 19.0 Å². The molecule has 0 aliphatic carbocycles. The highest BCUT2D eigenvalue weighted by atomic mass is 16.6. The van der Waals surface area contributed by atoms with Gasteiger partial charge in [-0.1, -0.05) is 6.07 Å². The van der Waals surface area contributed by atoms with Crippen LogP contribution in [0.25, 0.3) is 0 Å². The molecule has 1 N–H and O–H groups in total. The van der Waals surface area contributed by atoms with Crippen molar-refractivity contribution < 1.29 is 28.9 Å². The molecule has 27 heavy (non-hydrogen) atoms. The lowest BCUT2D eigenvalue weighted by Crippen LogP contribution is -2.21. The average Bonchev–Trinajstić information content (AvgIpc) is 2.65. The lowest BCUT2D eigenvalue weighted by Gasteiger charge is -2.08. The second-order valence-electron chi connectivity index (χ2n) is 5.07. The zero-order chi connectivity index (χ0) is 20.0. The van der Waals surface area contributed by atoms with Crippen molar-refractivity contribution in [3.63, 3.8) is 0 Å². The van der Waals surface area contributed by atoms with E-state index in [-0.39, 0.29) is 28.4 Å². The molecule has 0 aliphatic rings. The highest BCUT2D eigenvalue weighted by Gasteiger charge is 2.18. The average molecular weight is 375 g/mol. The van der Waals surface area contributed by atoms with Crippen molar-refractivity contribution in [1.82, 2.24) is 0 Å². The second-order valence-corrected chi connectivity index (χ2v) is 5.07. The van der Waals surface area contributed by atoms with Crippen LogP contribution in [0.15, 0.2) is 42.5 Å². The number of benzene rings is 2. The molecule has 0 fully saturated rings. The zero-order valence-electron chi connectivity index (χ0n) is 13.9. The van der Waals surface area contributed by atoms with E-state index in [0.717, 1.165) is 12.1 Å². The first-order valence-electron chi connectivity index (χ1n) is 7.35. The van der Waals surface area contributed by atoms with E-state index in [1.165, 1.54) is 37.4 Å². The van der Waals surface area contributed by atoms with E-state index < -0.39 is 28.3 Å². The molecule has 0 atom stereocenters. The molecule has 0 unspecified atom stereocenters. The number of nitro groups is 2. The topological polar surface area (TPSA) is 151 Å². The van der Waals surface area contributed by atoms with Gasteiger partial charge in [-0.2, -0.15) is 0 Å². The van der Waals surface area contributed by atoms with E-state index in [4.69, 9.17) is 9.47 Å². The van der Waals surface area contributed by atoms with Crippen molar-refractivity contribution in [2.24, 2.45) is 0 Å². The fraction of sp³-hybridized carbons (Fsp3) is 0.125. The van der Waals surface area contributed by atoms with Gasteiger partial charge in [0.15, 0.2) is 6.61 Å². The minimum atomic E-state index is -0.950. The number of non-ortho nitro benzene ring substituents is 1. The molecule has 0 saturated heterocycles. The number of rotatable bonds is 7. The van der Waals surface area contributed by atoms with Crippen LogP contribution in [0.2, 0.25) is 0 Å². The number of anilines is 1. The quantitative estimate of drug-likeness (QED) is 0.440. The summed E-state index contributed by atoms with van der Waals surface area (Å²) in [5, 5.41) is 24.0. The third-order valence-electron chi connectivity index (χ3n) is 3.30. The molecule has 2 aromatic carbocycles. The van der Waals surface area contributed by atoms with Gasteiger partial charge in [0.05, 0.1) is 22.5 Å². The minimum Gasteiger partial charge on any atom is -0.497 e. The fourth-order valence-corrected chi connectivity index (χ4v) is 2.05. The standard InChI is InChI=1S/C16H13N3O8/c1-26-12-5-6-14(19(24)25)13(8-12)17-15(20)9-27-16(21)10-3-2-4-11(7-10)18(22)23/h2-8H,9H2,1H3,(H,17,20). The van der Waals surface area contributed by atoms with E-state index in [2.05, 4.69) is 5.32 Å². The van der Waals surface area contributed by atoms with Gasteiger partial charge >= 0.3 is 5.97 Å². The van der Waals surface area contributed by atoms with Gasteiger partial charge in [-0.15, -0.1) is 0 Å². The number of nitro benzene ring substituents is 2. The smallest absolute Gasteiger partial charge is 0.338 e. The van der Waals surface area contributed by atoms with Crippen LogP contribution in [-0.2, 0) is 9.53 Å². The second kappa shape index (κ2) is 8.38. The van der Waals surface area contributed by atoms with Crippen LogP contribution >= 0.6 is 0 Å². The Morgan fingerprint density at radius 1 is 1.07 bits per heavy atom. The van der Waals surface area contributed by atoms with E-state index in [1.807, 2.05) is 0 Å². The van der Waals surface area contributed by atoms with Gasteiger partial charge in [0.2, 0.25) is 0 Å². The van der Waals surface area contributed by atoms with Gasteiger partial charge in [0, 0.05) is 24.3 Å². The molecule has 140 valence electrons. The minimum absolute atomic E-state index is 0.107. The van der Waals surface area contributed by atoms with E-state index in [0.29, 0.717) is 0 Å². The number of nitrogens with zero attached hydrogens (tertiary/aromatic N) is 2. The summed E-state index contributed by atoms with van der Waals surface area (Å²) in [5.74, 6) is -1.50. The van der Waals surface area contributed by atoms with Crippen LogP contribution in [0.5, 0.6) is 5.75 Å². The van der Waals surface area contributed by atoms with Crippen LogP contribution in [-0.4, -0.2) is 35.4 Å². The zero-order valence-corrected chi connectivity index (χ0v) is 13.9. The molecule has 1 amide bonds. The monoisotopic (exact) mass is 375 g/mol. The molecule has 2 rings (SSSR count). The van der Waals surface area contributed by atoms with Crippen molar-refractivity contribution >= 4 is 28.9 Å². The third-order valence-corrected chi connectivity index (χ3v) is 3.30. The Kier molecular flexibility index (Phi) is 5.99. The number of carbonyl (C=O) groups excluding carboxylic acids is 2. The summed E-state index contributed by atoms with van der Waals surface area (Å²) in [7, 11) is 1.35. The normalized spacial score (nSPS) is 9.96. The molecule has 0 radical (unpaired) electrons. The molecule has 0 aromatic heterocycles. The number of esters is 1. The van der Waals surface area contributed by atoms with Crippen molar-refractivity contribution in [3.05, 3.63) is 68.3 Å². The van der Waals surface area contributed by atoms with Gasteiger partial charge in [0.25, 0.3) is 17.3 Å². The van der Waals surface area contributed by atoms with Crippen LogP contribution in [0.4, 0.5) is 17.1 Å². The van der Waals surface area contributed by atoms with Crippen LogP contribution in [0.1, 0.15) is 10.4 Å². The molecular weight excluding hydrogens is 362 g/mol. The predicted octanol–water partition coefficient (Wildman–Crippen LogP) is 2.31. The molecule has 0 heterocycles. The van der Waals surface area contributed by atoms with Crippen molar-refractivity contribution in [3.8, 4) is 5.75 Å². The molecule has 2 aromatic rings. The van der Waals surface area contributed by atoms with Gasteiger partial charge in [0.1, 0.15) is 11.4 Å². The Hall–Kier alpha value is -4.02. The number of carbonyl (C=O) groups is 2. The molecule has 0 spiro atoms. The summed E-state index contributed by atoms with van der Waals surface area (Å²) in [6.07, 6.45) is 0. The largest absolute Gasteiger partial charge is 0.497 e. The third kappa shape index (κ3) is 4.98. The first-order chi connectivity index (χ1) is 12.8. The van der Waals surface area contributed by atoms with Crippen LogP contribution in [0, 0.1) is 20.2 Å². The number of amides is 1. The van der Waals surface area contributed by atoms with Crippen LogP contribution < -0.4 is 10.1 Å². The first kappa shape index (κ1) is 19.3. The van der Waals surface area contributed by atoms with Crippen LogP contribution in [0.3, 0.4) is 0 Å². The molecular formula is C16H13N3O8. The summed E-state index contributed by atoms with van der Waals surface area (Å²) < 4.78 is 9.72. The molecule has 11 heteroatoms. The van der Waals surface area contributed by atoms with Gasteiger partial charge in [-0.3, -0.25) is 25.0 Å². The lowest BCUT2D eigenvalue weighted by atomic mass is 10.2. The van der Waals surface area contributed by atoms with Crippen molar-refractivity contribution in [1.29, 1.82) is 0 Å². The number of hydrogen-bond acceptors (Lipinski definition) is 8. The number of ether oxygens (including phenoxy) is 2. The summed E-state index contributed by atoms with van der Waals surface area (Å²) in [6.45, 7) is -0.740. The van der Waals surface area contributed by atoms with E-state index in [1.54, 1.807) is 0 Å². The Morgan fingerprint density at radius 2 is 1.81 bits per heavy atom. The maximum Gasteiger partial charge on any atom is 0.338 e. The van der Waals surface area contributed by atoms with Crippen molar-refractivity contribution in [2.45, 2.75) is 0 Å². The number of nitrogens with one attached hydrogen (secondary N) is 1. The van der Waals surface area contributed by atoms with E-state index in [9.17, 15) is 29.8 Å². The summed E-state index contributed by atoms with van der Waals surface area (Å²) in [4.78, 5) is 44.2. The summed E-state index contributed by atoms with van der Waals surface area (Å²) in [5.41, 5.74) is -0.907. The Morgan fingerprint density at radius 3 is 2.44 bits per heavy atom. The maximum atomic E-state index is 11.9. The highest BCUT2D eigenvalue weighted by Crippen LogP contribution is 2.28. The predicted molar refractivity (Wildman–Crippen MR) is 91.7 cm³/mol. The SMILES string of the molecule is COc1ccc([N+](=O)[O-])c(NC(=O)COC(=O)c2cccc([N+](=O)[O-])c2)c1. The van der Waals surface area contributed by atoms with Gasteiger partial charge < -0.3 is 14.8 Å². The summed E-state index contributed by atoms with van der Waals surface area (Å²) >= 11 is 0. The Bertz CT molecular complexity index is 912. The molecule has 0 bridgehead atoms. The molecule has 11 nitrogen and oxygen atoms in total. The highest BCUT2D eigenvalue weighted by molar-refractivity contribution is 5.97. The van der Waals surface area contributed by atoms with Gasteiger partial charge in [-0.25, -0.2) is 4.79 Å². The summed E-state index contributed by atoms with van der Waals surface area (Å²) in [6, 6.07) is 8.56. The van der Waals surface area contributed by atoms with Gasteiger partial charge in [-0.05, 0) is 12.1 Å². The lowest BCUT2D eigenvalue weighted by molar-refractivity contribution is -0.384. The number of methoxy groups -OCH3 is 1. The Labute approximate surface area is 151 Å². The fourth-order valence-electron chi connectivity index (χ4n) is 2.05. The Balaban J connectivity index is 2.04. The molecule has 0 aliphatic heterocycles. The molecule has 0 saturated carbocycles. The maximum absolute atomic E-state index is 11.9. The number of hydrogen-bond donors (Lipinski definition) is 1. The first-order valence-corrected chi connectivity index (χ1v) is 7.35.